The fourth-order valence-electron chi connectivity index (χ4n) is 4.43. The van der Waals surface area contributed by atoms with E-state index in [4.69, 9.17) is 4.74 Å². The fourth-order valence-corrected chi connectivity index (χ4v) is 5.60. The lowest BCUT2D eigenvalue weighted by Crippen LogP contribution is -2.35. The zero-order valence-electron chi connectivity index (χ0n) is 15.6. The maximum atomic E-state index is 6.43. The van der Waals surface area contributed by atoms with Gasteiger partial charge in [0.2, 0.25) is 5.88 Å². The van der Waals surface area contributed by atoms with Crippen molar-refractivity contribution in [2.75, 3.05) is 14.1 Å². The lowest BCUT2D eigenvalue weighted by molar-refractivity contribution is 0.108. The minimum Gasteiger partial charge on any atom is -0.474 e. The summed E-state index contributed by atoms with van der Waals surface area (Å²) < 4.78 is 6.43. The van der Waals surface area contributed by atoms with Crippen LogP contribution in [0.25, 0.3) is 10.2 Å². The van der Waals surface area contributed by atoms with Crippen LogP contribution >= 0.6 is 11.3 Å². The molecule has 1 fully saturated rings. The van der Waals surface area contributed by atoms with Crippen molar-refractivity contribution in [1.82, 2.24) is 14.9 Å². The van der Waals surface area contributed by atoms with Gasteiger partial charge in [-0.15, -0.1) is 11.3 Å². The van der Waals surface area contributed by atoms with E-state index in [1.807, 2.05) is 11.3 Å². The summed E-state index contributed by atoms with van der Waals surface area (Å²) in [6.07, 6.45) is 11.6. The van der Waals surface area contributed by atoms with Gasteiger partial charge in [0.15, 0.2) is 0 Å². The molecule has 0 bridgehead atoms. The maximum absolute atomic E-state index is 6.43. The van der Waals surface area contributed by atoms with Crippen LogP contribution in [0, 0.1) is 5.92 Å². The molecule has 5 heteroatoms. The number of fused-ring (bicyclic) bond motifs is 3. The third kappa shape index (κ3) is 3.41. The van der Waals surface area contributed by atoms with Gasteiger partial charge in [-0.2, -0.15) is 0 Å². The van der Waals surface area contributed by atoms with E-state index in [2.05, 4.69) is 35.9 Å². The molecular weight excluding hydrogens is 330 g/mol. The van der Waals surface area contributed by atoms with Crippen LogP contribution in [0.15, 0.2) is 6.33 Å². The van der Waals surface area contributed by atoms with Crippen molar-refractivity contribution < 1.29 is 4.74 Å². The van der Waals surface area contributed by atoms with E-state index >= 15 is 0 Å². The SMILES string of the molecule is CC[C@@H]1CCc2sc3ncnc(OC4CCC(N(C)C)CC4)c3c2C1. The Morgan fingerprint density at radius 2 is 1.96 bits per heavy atom. The first-order valence-corrected chi connectivity index (χ1v) is 10.6. The highest BCUT2D eigenvalue weighted by Crippen LogP contribution is 2.41. The summed E-state index contributed by atoms with van der Waals surface area (Å²) >= 11 is 1.85. The molecule has 136 valence electrons. The van der Waals surface area contributed by atoms with Crippen molar-refractivity contribution in [2.24, 2.45) is 5.92 Å². The Hall–Kier alpha value is -1.20. The number of rotatable bonds is 4. The lowest BCUT2D eigenvalue weighted by Gasteiger charge is -2.32. The van der Waals surface area contributed by atoms with E-state index in [1.54, 1.807) is 6.33 Å². The number of thiophene rings is 1. The molecule has 2 heterocycles. The Labute approximate surface area is 154 Å². The largest absolute Gasteiger partial charge is 0.474 e. The second kappa shape index (κ2) is 7.20. The number of hydrogen-bond donors (Lipinski definition) is 0. The molecule has 2 aliphatic rings. The molecule has 0 radical (unpaired) electrons. The molecule has 1 saturated carbocycles. The number of nitrogens with zero attached hydrogens (tertiary/aromatic N) is 3. The van der Waals surface area contributed by atoms with Gasteiger partial charge in [0.25, 0.3) is 0 Å². The molecule has 25 heavy (non-hydrogen) atoms. The summed E-state index contributed by atoms with van der Waals surface area (Å²) in [4.78, 5) is 14.1. The first-order valence-electron chi connectivity index (χ1n) is 9.74. The van der Waals surface area contributed by atoms with Gasteiger partial charge in [-0.3, -0.25) is 0 Å². The second-order valence-electron chi connectivity index (χ2n) is 7.89. The Kier molecular flexibility index (Phi) is 4.96. The van der Waals surface area contributed by atoms with Crippen LogP contribution in [0.1, 0.15) is 55.9 Å². The van der Waals surface area contributed by atoms with Crippen LogP contribution in [-0.4, -0.2) is 41.1 Å². The van der Waals surface area contributed by atoms with Crippen LogP contribution in [0.5, 0.6) is 5.88 Å². The summed E-state index contributed by atoms with van der Waals surface area (Å²) in [6.45, 7) is 2.31. The molecule has 0 saturated heterocycles. The molecule has 0 aromatic carbocycles. The molecule has 2 aromatic rings. The van der Waals surface area contributed by atoms with Crippen LogP contribution in [0.3, 0.4) is 0 Å². The molecule has 4 rings (SSSR count). The summed E-state index contributed by atoms with van der Waals surface area (Å²) in [5.74, 6) is 1.64. The van der Waals surface area contributed by atoms with Gasteiger partial charge in [-0.25, -0.2) is 9.97 Å². The lowest BCUT2D eigenvalue weighted by atomic mass is 9.86. The van der Waals surface area contributed by atoms with E-state index in [-0.39, 0.29) is 0 Å². The highest BCUT2D eigenvalue weighted by molar-refractivity contribution is 7.18. The van der Waals surface area contributed by atoms with Crippen molar-refractivity contribution in [2.45, 2.75) is 70.4 Å². The third-order valence-corrected chi connectivity index (χ3v) is 7.34. The molecule has 2 aromatic heterocycles. The Morgan fingerprint density at radius 3 is 2.68 bits per heavy atom. The van der Waals surface area contributed by atoms with Gasteiger partial charge >= 0.3 is 0 Å². The highest BCUT2D eigenvalue weighted by atomic mass is 32.1. The number of aryl methyl sites for hydroxylation is 1. The number of ether oxygens (including phenoxy) is 1. The van der Waals surface area contributed by atoms with Crippen molar-refractivity contribution in [3.8, 4) is 5.88 Å². The summed E-state index contributed by atoms with van der Waals surface area (Å²) in [5.41, 5.74) is 1.48. The van der Waals surface area contributed by atoms with Gasteiger partial charge in [0, 0.05) is 10.9 Å². The highest BCUT2D eigenvalue weighted by Gasteiger charge is 2.28. The quantitative estimate of drug-likeness (QED) is 0.808. The van der Waals surface area contributed by atoms with E-state index < -0.39 is 0 Å². The minimum absolute atomic E-state index is 0.301. The van der Waals surface area contributed by atoms with Crippen molar-refractivity contribution in [3.63, 3.8) is 0 Å². The summed E-state index contributed by atoms with van der Waals surface area (Å²) in [6, 6.07) is 0.699. The molecule has 0 N–H and O–H groups in total. The average Bonchev–Trinajstić information content (AvgIpc) is 3.00. The molecular formula is C20H29N3OS. The van der Waals surface area contributed by atoms with Gasteiger partial charge in [0.1, 0.15) is 17.3 Å². The van der Waals surface area contributed by atoms with Crippen LogP contribution in [-0.2, 0) is 12.8 Å². The molecule has 0 amide bonds. The molecule has 2 aliphatic carbocycles. The first-order chi connectivity index (χ1) is 12.2. The normalized spacial score (nSPS) is 26.8. The van der Waals surface area contributed by atoms with Crippen molar-refractivity contribution in [3.05, 3.63) is 16.8 Å². The average molecular weight is 360 g/mol. The predicted molar refractivity (Wildman–Crippen MR) is 104 cm³/mol. The van der Waals surface area contributed by atoms with E-state index in [1.165, 1.54) is 54.4 Å². The van der Waals surface area contributed by atoms with Crippen LogP contribution in [0.2, 0.25) is 0 Å². The first kappa shape index (κ1) is 17.2. The van der Waals surface area contributed by atoms with Crippen LogP contribution < -0.4 is 4.74 Å². The summed E-state index contributed by atoms with van der Waals surface area (Å²) in [7, 11) is 4.36. The number of aromatic nitrogens is 2. The predicted octanol–water partition coefficient (Wildman–Crippen LogP) is 4.46. The standard InChI is InChI=1S/C20H29N3OS/c1-4-13-5-10-17-16(11-13)18-19(21-12-22-20(18)25-17)24-15-8-6-14(7-9-15)23(2)3/h12-15H,4-11H2,1-3H3/t13-,14?,15?/m1/s1. The van der Waals surface area contributed by atoms with Gasteiger partial charge in [-0.1, -0.05) is 13.3 Å². The zero-order chi connectivity index (χ0) is 17.4. The Bertz CT molecular complexity index is 734. The Balaban J connectivity index is 1.57. The maximum Gasteiger partial charge on any atom is 0.225 e. The zero-order valence-corrected chi connectivity index (χ0v) is 16.4. The van der Waals surface area contributed by atoms with E-state index in [0.29, 0.717) is 12.1 Å². The van der Waals surface area contributed by atoms with Gasteiger partial charge in [-0.05, 0) is 70.5 Å². The van der Waals surface area contributed by atoms with Crippen molar-refractivity contribution in [1.29, 1.82) is 0 Å². The van der Waals surface area contributed by atoms with Crippen LogP contribution in [0.4, 0.5) is 0 Å². The molecule has 1 atom stereocenters. The molecule has 0 unspecified atom stereocenters. The molecule has 0 aliphatic heterocycles. The van der Waals surface area contributed by atoms with E-state index in [9.17, 15) is 0 Å². The summed E-state index contributed by atoms with van der Waals surface area (Å²) in [5, 5.41) is 1.22. The molecule has 4 nitrogen and oxygen atoms in total. The smallest absolute Gasteiger partial charge is 0.225 e. The third-order valence-electron chi connectivity index (χ3n) is 6.14. The van der Waals surface area contributed by atoms with Gasteiger partial charge in [0.05, 0.1) is 5.39 Å². The topological polar surface area (TPSA) is 38.3 Å². The van der Waals surface area contributed by atoms with Crippen molar-refractivity contribution >= 4 is 21.6 Å². The Morgan fingerprint density at radius 1 is 1.16 bits per heavy atom. The molecule has 0 spiro atoms. The monoisotopic (exact) mass is 359 g/mol. The fraction of sp³-hybridized carbons (Fsp3) is 0.700. The second-order valence-corrected chi connectivity index (χ2v) is 8.98. The van der Waals surface area contributed by atoms with Gasteiger partial charge < -0.3 is 9.64 Å². The number of hydrogen-bond acceptors (Lipinski definition) is 5. The minimum atomic E-state index is 0.301. The van der Waals surface area contributed by atoms with E-state index in [0.717, 1.165) is 29.5 Å².